The molecule has 31 heavy (non-hydrogen) atoms. The van der Waals surface area contributed by atoms with Gasteiger partial charge in [-0.1, -0.05) is 60.7 Å². The first kappa shape index (κ1) is 20.6. The van der Waals surface area contributed by atoms with Gasteiger partial charge >= 0.3 is 0 Å². The normalized spacial score (nSPS) is 17.9. The van der Waals surface area contributed by atoms with Gasteiger partial charge in [0.25, 0.3) is 5.91 Å². The number of hydrogen-bond acceptors (Lipinski definition) is 7. The molecule has 4 N–H and O–H groups in total. The Balaban J connectivity index is 1.16. The van der Waals surface area contributed by atoms with E-state index in [1.54, 1.807) is 0 Å². The van der Waals surface area contributed by atoms with Crippen LogP contribution in [0.5, 0.6) is 0 Å². The Bertz CT molecular complexity index is 1010. The van der Waals surface area contributed by atoms with E-state index in [0.29, 0.717) is 25.2 Å². The summed E-state index contributed by atoms with van der Waals surface area (Å²) < 4.78 is 0. The van der Waals surface area contributed by atoms with Gasteiger partial charge in [-0.15, -0.1) is 10.2 Å². The molecule has 160 valence electrons. The van der Waals surface area contributed by atoms with E-state index in [-0.39, 0.29) is 24.3 Å². The molecule has 2 aromatic carbocycles. The standard InChI is InChI=1S/C21H24N8O2/c30-19(12-7-13-29-27-20(25-28-29)16-10-5-2-6-11-16)24-26-21(31)18-14-17(22-23-18)15-8-3-1-4-9-15/h1-6,8-11,17-18,22-23H,7,12-14H2,(H,24,30)(H,26,31). The first-order chi connectivity index (χ1) is 15.2. The third-order valence-corrected chi connectivity index (χ3v) is 4.99. The zero-order valence-corrected chi connectivity index (χ0v) is 16.9. The lowest BCUT2D eigenvalue weighted by Crippen LogP contribution is -2.50. The van der Waals surface area contributed by atoms with Gasteiger partial charge in [-0.25, -0.2) is 10.9 Å². The lowest BCUT2D eigenvalue weighted by atomic mass is 10.0. The monoisotopic (exact) mass is 420 g/mol. The molecule has 0 aliphatic carbocycles. The number of rotatable bonds is 7. The van der Waals surface area contributed by atoms with E-state index in [0.717, 1.165) is 11.1 Å². The number of hydrazine groups is 2. The number of aromatic nitrogens is 4. The van der Waals surface area contributed by atoms with Crippen LogP contribution in [0.15, 0.2) is 60.7 Å². The summed E-state index contributed by atoms with van der Waals surface area (Å²) in [6.45, 7) is 0.452. The molecule has 0 bridgehead atoms. The van der Waals surface area contributed by atoms with Crippen molar-refractivity contribution in [2.24, 2.45) is 0 Å². The van der Waals surface area contributed by atoms with Crippen LogP contribution in [0.1, 0.15) is 30.9 Å². The van der Waals surface area contributed by atoms with Gasteiger partial charge in [0.1, 0.15) is 6.04 Å². The first-order valence-electron chi connectivity index (χ1n) is 10.2. The van der Waals surface area contributed by atoms with Crippen molar-refractivity contribution in [2.45, 2.75) is 37.9 Å². The fourth-order valence-corrected chi connectivity index (χ4v) is 3.33. The topological polar surface area (TPSA) is 126 Å². The number of hydrogen-bond donors (Lipinski definition) is 4. The summed E-state index contributed by atoms with van der Waals surface area (Å²) >= 11 is 0. The maximum atomic E-state index is 12.3. The van der Waals surface area contributed by atoms with Crippen LogP contribution in [-0.2, 0) is 16.1 Å². The molecule has 2 atom stereocenters. The molecule has 2 unspecified atom stereocenters. The van der Waals surface area contributed by atoms with Crippen LogP contribution in [-0.4, -0.2) is 38.1 Å². The largest absolute Gasteiger partial charge is 0.273 e. The fourth-order valence-electron chi connectivity index (χ4n) is 3.33. The van der Waals surface area contributed by atoms with E-state index >= 15 is 0 Å². The molecule has 1 aliphatic rings. The van der Waals surface area contributed by atoms with Gasteiger partial charge < -0.3 is 0 Å². The molecule has 10 heteroatoms. The van der Waals surface area contributed by atoms with Crippen LogP contribution < -0.4 is 21.7 Å². The smallest absolute Gasteiger partial charge is 0.256 e. The van der Waals surface area contributed by atoms with Gasteiger partial charge in [-0.2, -0.15) is 4.80 Å². The minimum absolute atomic E-state index is 0.0450. The van der Waals surface area contributed by atoms with E-state index in [9.17, 15) is 9.59 Å². The van der Waals surface area contributed by atoms with Crippen molar-refractivity contribution in [1.29, 1.82) is 0 Å². The Morgan fingerprint density at radius 3 is 2.52 bits per heavy atom. The molecule has 2 heterocycles. The lowest BCUT2D eigenvalue weighted by Gasteiger charge is -2.11. The average Bonchev–Trinajstić information content (AvgIpc) is 3.49. The van der Waals surface area contributed by atoms with Crippen molar-refractivity contribution in [3.63, 3.8) is 0 Å². The van der Waals surface area contributed by atoms with Crippen LogP contribution in [0.25, 0.3) is 11.4 Å². The second kappa shape index (κ2) is 9.92. The summed E-state index contributed by atoms with van der Waals surface area (Å²) in [5.41, 5.74) is 13.0. The molecule has 2 amide bonds. The summed E-state index contributed by atoms with van der Waals surface area (Å²) in [5.74, 6) is -0.0177. The van der Waals surface area contributed by atoms with Gasteiger partial charge in [0.05, 0.1) is 6.54 Å². The van der Waals surface area contributed by atoms with Crippen LogP contribution in [0, 0.1) is 0 Å². The van der Waals surface area contributed by atoms with Gasteiger partial charge in [-0.05, 0) is 23.6 Å². The van der Waals surface area contributed by atoms with Crippen LogP contribution in [0.3, 0.4) is 0 Å². The van der Waals surface area contributed by atoms with Crippen molar-refractivity contribution in [1.82, 2.24) is 41.9 Å². The highest BCUT2D eigenvalue weighted by Gasteiger charge is 2.30. The predicted molar refractivity (Wildman–Crippen MR) is 113 cm³/mol. The second-order valence-corrected chi connectivity index (χ2v) is 7.26. The SMILES string of the molecule is O=C(CCCn1nnc(-c2ccccc2)n1)NNC(=O)C1CC(c2ccccc2)NN1. The summed E-state index contributed by atoms with van der Waals surface area (Å²) in [4.78, 5) is 25.8. The molecule has 1 aliphatic heterocycles. The predicted octanol–water partition coefficient (Wildman–Crippen LogP) is 0.876. The first-order valence-corrected chi connectivity index (χ1v) is 10.2. The minimum atomic E-state index is -0.429. The Morgan fingerprint density at radius 2 is 1.74 bits per heavy atom. The highest BCUT2D eigenvalue weighted by Crippen LogP contribution is 2.21. The van der Waals surface area contributed by atoms with Gasteiger partial charge in [0, 0.05) is 18.0 Å². The molecular weight excluding hydrogens is 396 g/mol. The Labute approximate surface area is 179 Å². The molecule has 3 aromatic rings. The Morgan fingerprint density at radius 1 is 1.00 bits per heavy atom. The molecule has 0 radical (unpaired) electrons. The number of nitrogens with zero attached hydrogens (tertiary/aromatic N) is 4. The fraction of sp³-hybridized carbons (Fsp3) is 0.286. The maximum Gasteiger partial charge on any atom is 0.256 e. The van der Waals surface area contributed by atoms with Crippen LogP contribution in [0.2, 0.25) is 0 Å². The zero-order valence-electron chi connectivity index (χ0n) is 16.9. The number of carbonyl (C=O) groups excluding carboxylic acids is 2. The highest BCUT2D eigenvalue weighted by atomic mass is 16.2. The minimum Gasteiger partial charge on any atom is -0.273 e. The summed E-state index contributed by atoms with van der Waals surface area (Å²) in [7, 11) is 0. The summed E-state index contributed by atoms with van der Waals surface area (Å²) in [6, 6.07) is 19.1. The van der Waals surface area contributed by atoms with E-state index in [4.69, 9.17) is 0 Å². The summed E-state index contributed by atoms with van der Waals surface area (Å²) in [5, 5.41) is 12.3. The summed E-state index contributed by atoms with van der Waals surface area (Å²) in [6.07, 6.45) is 1.34. The van der Waals surface area contributed by atoms with Crippen molar-refractivity contribution in [2.75, 3.05) is 0 Å². The Hall–Kier alpha value is -3.63. The number of benzene rings is 2. The quantitative estimate of drug-likeness (QED) is 0.418. The van der Waals surface area contributed by atoms with Crippen molar-refractivity contribution < 1.29 is 9.59 Å². The molecule has 10 nitrogen and oxygen atoms in total. The van der Waals surface area contributed by atoms with E-state index in [2.05, 4.69) is 37.1 Å². The molecule has 0 spiro atoms. The van der Waals surface area contributed by atoms with Crippen molar-refractivity contribution in [3.05, 3.63) is 66.2 Å². The highest BCUT2D eigenvalue weighted by molar-refractivity contribution is 5.85. The van der Waals surface area contributed by atoms with Crippen LogP contribution >= 0.6 is 0 Å². The zero-order chi connectivity index (χ0) is 21.5. The number of carbonyl (C=O) groups is 2. The average molecular weight is 420 g/mol. The van der Waals surface area contributed by atoms with Crippen molar-refractivity contribution >= 4 is 11.8 Å². The molecule has 1 saturated heterocycles. The maximum absolute atomic E-state index is 12.3. The lowest BCUT2D eigenvalue weighted by molar-refractivity contribution is -0.130. The molecule has 0 saturated carbocycles. The number of tetrazole rings is 1. The van der Waals surface area contributed by atoms with E-state index in [1.165, 1.54) is 4.80 Å². The third kappa shape index (κ3) is 5.50. The number of nitrogens with one attached hydrogen (secondary N) is 4. The second-order valence-electron chi connectivity index (χ2n) is 7.26. The third-order valence-electron chi connectivity index (χ3n) is 4.99. The van der Waals surface area contributed by atoms with Gasteiger partial charge in [-0.3, -0.25) is 20.4 Å². The number of amides is 2. The van der Waals surface area contributed by atoms with Crippen molar-refractivity contribution in [3.8, 4) is 11.4 Å². The molecular formula is C21H24N8O2. The van der Waals surface area contributed by atoms with Crippen LogP contribution in [0.4, 0.5) is 0 Å². The number of aryl methyl sites for hydroxylation is 1. The molecule has 1 fully saturated rings. The van der Waals surface area contributed by atoms with Gasteiger partial charge in [0.2, 0.25) is 11.7 Å². The van der Waals surface area contributed by atoms with Gasteiger partial charge in [0.15, 0.2) is 0 Å². The van der Waals surface area contributed by atoms with E-state index in [1.807, 2.05) is 60.7 Å². The molecule has 1 aromatic heterocycles. The molecule has 4 rings (SSSR count). The Kier molecular flexibility index (Phi) is 6.60. The van der Waals surface area contributed by atoms with E-state index < -0.39 is 6.04 Å².